The highest BCUT2D eigenvalue weighted by Crippen LogP contribution is 2.24. The van der Waals surface area contributed by atoms with Crippen molar-refractivity contribution >= 4 is 40.3 Å². The molecule has 3 amide bonds. The second-order valence-corrected chi connectivity index (χ2v) is 7.87. The van der Waals surface area contributed by atoms with Crippen molar-refractivity contribution in [1.82, 2.24) is 9.55 Å². The second-order valence-electron chi connectivity index (χ2n) is 7.87. The van der Waals surface area contributed by atoms with Crippen LogP contribution in [0, 0.1) is 17.1 Å². The highest BCUT2D eigenvalue weighted by atomic mass is 19.1. The molecular formula is C26H23FN6O3. The number of hydrogen-bond donors (Lipinski definition) is 3. The normalized spacial score (nSPS) is 10.6. The molecule has 10 heteroatoms. The number of rotatable bonds is 8. The van der Waals surface area contributed by atoms with Crippen molar-refractivity contribution in [3.8, 4) is 6.07 Å². The van der Waals surface area contributed by atoms with E-state index in [9.17, 15) is 14.0 Å². The molecule has 4 aromatic rings. The van der Waals surface area contributed by atoms with Crippen molar-refractivity contribution < 1.29 is 18.7 Å². The number of benzene rings is 3. The molecule has 1 aromatic heterocycles. The molecule has 36 heavy (non-hydrogen) atoms. The van der Waals surface area contributed by atoms with Crippen molar-refractivity contribution in [2.75, 3.05) is 29.7 Å². The molecule has 0 spiro atoms. The number of anilines is 3. The lowest BCUT2D eigenvalue weighted by Gasteiger charge is -2.11. The Hall–Kier alpha value is -4.75. The van der Waals surface area contributed by atoms with Crippen molar-refractivity contribution in [2.45, 2.75) is 13.0 Å². The van der Waals surface area contributed by atoms with E-state index in [0.29, 0.717) is 53.5 Å². The van der Waals surface area contributed by atoms with Gasteiger partial charge < -0.3 is 19.9 Å². The van der Waals surface area contributed by atoms with Crippen LogP contribution in [0.3, 0.4) is 0 Å². The van der Waals surface area contributed by atoms with Gasteiger partial charge in [-0.25, -0.2) is 14.2 Å². The monoisotopic (exact) mass is 486 g/mol. The molecule has 4 rings (SSSR count). The molecule has 0 saturated carbocycles. The highest BCUT2D eigenvalue weighted by molar-refractivity contribution is 6.05. The van der Waals surface area contributed by atoms with Crippen LogP contribution in [-0.2, 0) is 11.3 Å². The molecule has 0 bridgehead atoms. The number of carbonyl (C=O) groups excluding carboxylic acids is 2. The van der Waals surface area contributed by atoms with Crippen LogP contribution in [0.4, 0.5) is 26.5 Å². The number of carbonyl (C=O) groups is 2. The number of amides is 3. The van der Waals surface area contributed by atoms with Gasteiger partial charge in [-0.3, -0.25) is 10.1 Å². The number of fused-ring (bicyclic) bond motifs is 1. The number of imidazole rings is 1. The zero-order valence-corrected chi connectivity index (χ0v) is 19.4. The predicted molar refractivity (Wildman–Crippen MR) is 134 cm³/mol. The molecule has 0 saturated heterocycles. The average Bonchev–Trinajstić information content (AvgIpc) is 3.21. The van der Waals surface area contributed by atoms with Crippen molar-refractivity contribution in [2.24, 2.45) is 0 Å². The Morgan fingerprint density at radius 3 is 2.42 bits per heavy atom. The fourth-order valence-electron chi connectivity index (χ4n) is 3.59. The molecule has 0 aliphatic heterocycles. The number of hydrogen-bond acceptors (Lipinski definition) is 5. The Morgan fingerprint density at radius 2 is 1.72 bits per heavy atom. The molecule has 9 nitrogen and oxygen atoms in total. The number of ether oxygens (including phenoxy) is 1. The van der Waals surface area contributed by atoms with Crippen LogP contribution < -0.4 is 16.0 Å². The first-order valence-corrected chi connectivity index (χ1v) is 11.1. The van der Waals surface area contributed by atoms with E-state index < -0.39 is 11.8 Å². The molecule has 0 aliphatic rings. The van der Waals surface area contributed by atoms with Crippen LogP contribution in [0.2, 0.25) is 0 Å². The maximum atomic E-state index is 13.2. The third-order valence-electron chi connectivity index (χ3n) is 5.34. The van der Waals surface area contributed by atoms with Gasteiger partial charge in [0.15, 0.2) is 0 Å². The third-order valence-corrected chi connectivity index (χ3v) is 5.34. The van der Waals surface area contributed by atoms with Crippen molar-refractivity contribution in [1.29, 1.82) is 5.26 Å². The molecule has 182 valence electrons. The summed E-state index contributed by atoms with van der Waals surface area (Å²) in [5.41, 5.74) is 3.18. The lowest BCUT2D eigenvalue weighted by Crippen LogP contribution is -2.22. The second kappa shape index (κ2) is 11.1. The maximum absolute atomic E-state index is 13.2. The molecule has 0 atom stereocenters. The van der Waals surface area contributed by atoms with E-state index in [1.165, 1.54) is 24.3 Å². The molecule has 3 N–H and O–H groups in total. The predicted octanol–water partition coefficient (Wildman–Crippen LogP) is 4.98. The van der Waals surface area contributed by atoms with Gasteiger partial charge >= 0.3 is 6.03 Å². The standard InChI is InChI=1S/C26H23FN6O3/c1-36-14-2-13-33-23-12-11-21(29-24(34)18-5-7-19(27)8-6-18)15-22(23)31-25(33)32-26(35)30-20-9-3-17(16-28)4-10-20/h3-12,15H,2,13-14H2,1H3,(H,29,34)(H2,30,31,32,35). The summed E-state index contributed by atoms with van der Waals surface area (Å²) in [6, 6.07) is 18.5. The fraction of sp³-hybridized carbons (Fsp3) is 0.154. The van der Waals surface area contributed by atoms with Gasteiger partial charge in [-0.05, 0) is 73.2 Å². The molecule has 1 heterocycles. The molecule has 0 aliphatic carbocycles. The third kappa shape index (κ3) is 5.84. The van der Waals surface area contributed by atoms with Gasteiger partial charge in [0, 0.05) is 37.2 Å². The van der Waals surface area contributed by atoms with E-state index in [4.69, 9.17) is 10.00 Å². The van der Waals surface area contributed by atoms with Crippen LogP contribution in [-0.4, -0.2) is 35.2 Å². The van der Waals surface area contributed by atoms with Crippen LogP contribution in [0.1, 0.15) is 22.3 Å². The van der Waals surface area contributed by atoms with Crippen LogP contribution >= 0.6 is 0 Å². The lowest BCUT2D eigenvalue weighted by molar-refractivity contribution is 0.102. The van der Waals surface area contributed by atoms with Gasteiger partial charge in [-0.1, -0.05) is 0 Å². The first-order chi connectivity index (χ1) is 17.5. The minimum Gasteiger partial charge on any atom is -0.385 e. The Kier molecular flexibility index (Phi) is 7.53. The smallest absolute Gasteiger partial charge is 0.326 e. The van der Waals surface area contributed by atoms with E-state index in [2.05, 4.69) is 20.9 Å². The molecule has 0 radical (unpaired) electrons. The van der Waals surface area contributed by atoms with Gasteiger partial charge in [-0.2, -0.15) is 5.26 Å². The Balaban J connectivity index is 1.55. The summed E-state index contributed by atoms with van der Waals surface area (Å²) in [7, 11) is 1.62. The van der Waals surface area contributed by atoms with E-state index >= 15 is 0 Å². The van der Waals surface area contributed by atoms with Gasteiger partial charge in [0.2, 0.25) is 5.95 Å². The largest absolute Gasteiger partial charge is 0.385 e. The number of nitriles is 1. The number of methoxy groups -OCH3 is 1. The van der Waals surface area contributed by atoms with Crippen LogP contribution in [0.25, 0.3) is 11.0 Å². The van der Waals surface area contributed by atoms with Crippen LogP contribution in [0.15, 0.2) is 66.7 Å². The van der Waals surface area contributed by atoms with Gasteiger partial charge in [0.1, 0.15) is 5.82 Å². The summed E-state index contributed by atoms with van der Waals surface area (Å²) in [5, 5.41) is 17.2. The summed E-state index contributed by atoms with van der Waals surface area (Å²) in [6.07, 6.45) is 0.691. The summed E-state index contributed by atoms with van der Waals surface area (Å²) in [6.45, 7) is 1.07. The minimum absolute atomic E-state index is 0.323. The van der Waals surface area contributed by atoms with E-state index in [-0.39, 0.29) is 5.91 Å². The summed E-state index contributed by atoms with van der Waals surface area (Å²) >= 11 is 0. The highest BCUT2D eigenvalue weighted by Gasteiger charge is 2.15. The summed E-state index contributed by atoms with van der Waals surface area (Å²) in [4.78, 5) is 29.7. The summed E-state index contributed by atoms with van der Waals surface area (Å²) < 4.78 is 20.2. The Morgan fingerprint density at radius 1 is 1.00 bits per heavy atom. The maximum Gasteiger partial charge on any atom is 0.326 e. The molecule has 3 aromatic carbocycles. The number of urea groups is 1. The average molecular weight is 487 g/mol. The number of halogens is 1. The number of aromatic nitrogens is 2. The van der Waals surface area contributed by atoms with Gasteiger partial charge in [0.05, 0.1) is 22.7 Å². The zero-order chi connectivity index (χ0) is 25.5. The minimum atomic E-state index is -0.493. The number of nitrogens with zero attached hydrogens (tertiary/aromatic N) is 3. The van der Waals surface area contributed by atoms with E-state index in [1.54, 1.807) is 49.6 Å². The van der Waals surface area contributed by atoms with Gasteiger partial charge in [-0.15, -0.1) is 0 Å². The van der Waals surface area contributed by atoms with E-state index in [1.807, 2.05) is 10.6 Å². The zero-order valence-electron chi connectivity index (χ0n) is 19.4. The number of aryl methyl sites for hydroxylation is 1. The Labute approximate surface area is 206 Å². The molecule has 0 fully saturated rings. The van der Waals surface area contributed by atoms with Crippen molar-refractivity contribution in [3.63, 3.8) is 0 Å². The van der Waals surface area contributed by atoms with E-state index in [0.717, 1.165) is 5.52 Å². The SMILES string of the molecule is COCCCn1c(NC(=O)Nc2ccc(C#N)cc2)nc2cc(NC(=O)c3ccc(F)cc3)ccc21. The van der Waals surface area contributed by atoms with Crippen molar-refractivity contribution in [3.05, 3.63) is 83.7 Å². The van der Waals surface area contributed by atoms with Gasteiger partial charge in [0.25, 0.3) is 5.91 Å². The molecule has 0 unspecified atom stereocenters. The lowest BCUT2D eigenvalue weighted by atomic mass is 10.2. The summed E-state index contributed by atoms with van der Waals surface area (Å²) in [5.74, 6) is -0.474. The fourth-order valence-corrected chi connectivity index (χ4v) is 3.59. The first-order valence-electron chi connectivity index (χ1n) is 11.1. The Bertz CT molecular complexity index is 1430. The number of nitrogens with one attached hydrogen (secondary N) is 3. The first kappa shape index (κ1) is 24.4. The molecular weight excluding hydrogens is 463 g/mol. The quantitative estimate of drug-likeness (QED) is 0.303. The van der Waals surface area contributed by atoms with Crippen LogP contribution in [0.5, 0.6) is 0 Å². The topological polar surface area (TPSA) is 121 Å².